The van der Waals surface area contributed by atoms with Gasteiger partial charge in [0, 0.05) is 30.6 Å². The summed E-state index contributed by atoms with van der Waals surface area (Å²) in [5.74, 6) is -2.92. The maximum atomic E-state index is 14.2. The highest BCUT2D eigenvalue weighted by atomic mass is 32.2. The number of nitrogens with zero attached hydrogens (tertiary/aromatic N) is 3. The standard InChI is InChI=1S/C29H29F2N3O6S/c1-17(2)40-16-26-33-28(35)27(29(36)34(26)25(15-39-4)20-12-21(30)14-22(31)13-20)41(37,38)23-9-7-19(8-10-23)24-6-5-11-32-18(24)3/h5-14,17,25,36H,15-16H2,1-4H3/t25-/m0/s1. The van der Waals surface area contributed by atoms with E-state index in [-0.39, 0.29) is 35.6 Å². The lowest BCUT2D eigenvalue weighted by molar-refractivity contribution is 0.0554. The molecule has 4 aromatic rings. The van der Waals surface area contributed by atoms with E-state index in [9.17, 15) is 27.1 Å². The largest absolute Gasteiger partial charge is 0.493 e. The molecule has 0 amide bonds. The van der Waals surface area contributed by atoms with Gasteiger partial charge in [0.15, 0.2) is 4.90 Å². The first-order valence-electron chi connectivity index (χ1n) is 12.6. The Morgan fingerprint density at radius 3 is 2.29 bits per heavy atom. The number of methoxy groups -OCH3 is 1. The molecule has 0 unspecified atom stereocenters. The van der Waals surface area contributed by atoms with Crippen molar-refractivity contribution >= 4 is 9.84 Å². The van der Waals surface area contributed by atoms with E-state index in [1.165, 1.54) is 19.2 Å². The molecule has 12 heteroatoms. The third kappa shape index (κ3) is 6.34. The maximum Gasteiger partial charge on any atom is 0.296 e. The highest BCUT2D eigenvalue weighted by molar-refractivity contribution is 7.91. The van der Waals surface area contributed by atoms with Gasteiger partial charge in [0.2, 0.25) is 15.7 Å². The fourth-order valence-corrected chi connectivity index (χ4v) is 5.77. The monoisotopic (exact) mass is 585 g/mol. The zero-order valence-electron chi connectivity index (χ0n) is 22.8. The highest BCUT2D eigenvalue weighted by Crippen LogP contribution is 2.33. The Labute approximate surface area is 236 Å². The van der Waals surface area contributed by atoms with Crippen LogP contribution in [0.4, 0.5) is 8.78 Å². The van der Waals surface area contributed by atoms with Crippen molar-refractivity contribution in [1.82, 2.24) is 14.5 Å². The van der Waals surface area contributed by atoms with Crippen LogP contribution in [0.15, 0.2) is 75.4 Å². The quantitative estimate of drug-likeness (QED) is 0.287. The number of aromatic nitrogens is 3. The van der Waals surface area contributed by atoms with Crippen LogP contribution in [0.3, 0.4) is 0 Å². The molecule has 0 radical (unpaired) electrons. The normalized spacial score (nSPS) is 12.6. The Morgan fingerprint density at radius 2 is 1.71 bits per heavy atom. The van der Waals surface area contributed by atoms with Gasteiger partial charge in [-0.15, -0.1) is 0 Å². The molecule has 9 nitrogen and oxygen atoms in total. The molecule has 2 aromatic heterocycles. The summed E-state index contributed by atoms with van der Waals surface area (Å²) in [6.07, 6.45) is 1.32. The number of hydrogen-bond acceptors (Lipinski definition) is 8. The summed E-state index contributed by atoms with van der Waals surface area (Å²) >= 11 is 0. The topological polar surface area (TPSA) is 121 Å². The summed E-state index contributed by atoms with van der Waals surface area (Å²) in [7, 11) is -3.30. The molecular formula is C29H29F2N3O6S. The third-order valence-corrected chi connectivity index (χ3v) is 8.12. The van der Waals surface area contributed by atoms with Gasteiger partial charge in [0.05, 0.1) is 23.6 Å². The first-order valence-corrected chi connectivity index (χ1v) is 14.1. The smallest absolute Gasteiger partial charge is 0.296 e. The third-order valence-electron chi connectivity index (χ3n) is 6.34. The molecule has 216 valence electrons. The molecule has 0 spiro atoms. The average Bonchev–Trinajstić information content (AvgIpc) is 2.90. The summed E-state index contributed by atoms with van der Waals surface area (Å²) in [6, 6.07) is 10.9. The van der Waals surface area contributed by atoms with Crippen molar-refractivity contribution in [2.75, 3.05) is 13.7 Å². The van der Waals surface area contributed by atoms with Crippen LogP contribution in [-0.2, 0) is 25.9 Å². The number of benzene rings is 2. The van der Waals surface area contributed by atoms with Crippen LogP contribution in [-0.4, -0.2) is 47.9 Å². The summed E-state index contributed by atoms with van der Waals surface area (Å²) in [5, 5.41) is 11.4. The summed E-state index contributed by atoms with van der Waals surface area (Å²) in [4.78, 5) is 20.1. The van der Waals surface area contributed by atoms with Crippen LogP contribution in [0.25, 0.3) is 11.1 Å². The van der Waals surface area contributed by atoms with Gasteiger partial charge in [-0.3, -0.25) is 14.3 Å². The van der Waals surface area contributed by atoms with E-state index in [1.807, 2.05) is 13.0 Å². The van der Waals surface area contributed by atoms with Gasteiger partial charge in [0.25, 0.3) is 5.56 Å². The first-order chi connectivity index (χ1) is 19.4. The molecule has 0 aliphatic heterocycles. The van der Waals surface area contributed by atoms with Crippen molar-refractivity contribution in [3.63, 3.8) is 0 Å². The zero-order valence-corrected chi connectivity index (χ0v) is 23.7. The SMILES string of the molecule is COC[C@@H](c1cc(F)cc(F)c1)n1c(COC(C)C)nc(=O)c(S(=O)(=O)c2ccc(-c3cccnc3C)cc2)c1O. The second-order valence-electron chi connectivity index (χ2n) is 9.55. The van der Waals surface area contributed by atoms with Gasteiger partial charge in [-0.05, 0) is 62.2 Å². The number of rotatable bonds is 10. The van der Waals surface area contributed by atoms with Gasteiger partial charge in [-0.25, -0.2) is 17.2 Å². The Bertz CT molecular complexity index is 1700. The van der Waals surface area contributed by atoms with E-state index < -0.39 is 43.8 Å². The second-order valence-corrected chi connectivity index (χ2v) is 11.4. The lowest BCUT2D eigenvalue weighted by Crippen LogP contribution is -2.30. The van der Waals surface area contributed by atoms with E-state index >= 15 is 0 Å². The van der Waals surface area contributed by atoms with Crippen molar-refractivity contribution in [3.05, 3.63) is 99.9 Å². The number of halogens is 2. The van der Waals surface area contributed by atoms with Crippen molar-refractivity contribution in [2.45, 2.75) is 49.3 Å². The summed E-state index contributed by atoms with van der Waals surface area (Å²) in [6.45, 7) is 4.71. The molecule has 0 saturated heterocycles. The van der Waals surface area contributed by atoms with Crippen molar-refractivity contribution in [2.24, 2.45) is 0 Å². The van der Waals surface area contributed by atoms with Crippen LogP contribution in [0.1, 0.15) is 37.0 Å². The lowest BCUT2D eigenvalue weighted by atomic mass is 10.1. The molecule has 2 aromatic carbocycles. The second kappa shape index (κ2) is 12.2. The van der Waals surface area contributed by atoms with Crippen molar-refractivity contribution < 1.29 is 31.8 Å². The number of hydrogen-bond donors (Lipinski definition) is 1. The summed E-state index contributed by atoms with van der Waals surface area (Å²) in [5.41, 5.74) is 1.03. The van der Waals surface area contributed by atoms with Gasteiger partial charge < -0.3 is 14.6 Å². The molecule has 2 heterocycles. The summed E-state index contributed by atoms with van der Waals surface area (Å²) < 4.78 is 67.7. The van der Waals surface area contributed by atoms with E-state index in [0.717, 1.165) is 28.0 Å². The molecule has 0 bridgehead atoms. The van der Waals surface area contributed by atoms with E-state index in [1.54, 1.807) is 38.2 Å². The predicted octanol–water partition coefficient (Wildman–Crippen LogP) is 4.59. The number of aryl methyl sites for hydroxylation is 1. The van der Waals surface area contributed by atoms with Gasteiger partial charge in [0.1, 0.15) is 24.1 Å². The number of ether oxygens (including phenoxy) is 2. The fourth-order valence-electron chi connectivity index (χ4n) is 4.42. The van der Waals surface area contributed by atoms with Gasteiger partial charge >= 0.3 is 0 Å². The minimum Gasteiger partial charge on any atom is -0.493 e. The van der Waals surface area contributed by atoms with Gasteiger partial charge in [-0.2, -0.15) is 4.98 Å². The van der Waals surface area contributed by atoms with Crippen LogP contribution < -0.4 is 5.56 Å². The predicted molar refractivity (Wildman–Crippen MR) is 146 cm³/mol. The fraction of sp³-hybridized carbons (Fsp3) is 0.276. The Morgan fingerprint density at radius 1 is 1.05 bits per heavy atom. The highest BCUT2D eigenvalue weighted by Gasteiger charge is 2.33. The van der Waals surface area contributed by atoms with Crippen LogP contribution in [0.5, 0.6) is 5.88 Å². The van der Waals surface area contributed by atoms with Crippen LogP contribution >= 0.6 is 0 Å². The van der Waals surface area contributed by atoms with Gasteiger partial charge in [-0.1, -0.05) is 18.2 Å². The van der Waals surface area contributed by atoms with E-state index in [2.05, 4.69) is 9.97 Å². The molecule has 0 fully saturated rings. The Hall–Kier alpha value is -4.00. The average molecular weight is 586 g/mol. The van der Waals surface area contributed by atoms with Crippen LogP contribution in [0.2, 0.25) is 0 Å². The molecule has 4 rings (SSSR count). The molecule has 1 N–H and O–H groups in total. The minimum atomic E-state index is -4.62. The van der Waals surface area contributed by atoms with E-state index in [0.29, 0.717) is 11.6 Å². The van der Waals surface area contributed by atoms with Crippen molar-refractivity contribution in [3.8, 4) is 17.0 Å². The Kier molecular flexibility index (Phi) is 8.95. The molecule has 0 aliphatic carbocycles. The number of aromatic hydroxyl groups is 1. The Balaban J connectivity index is 1.91. The van der Waals surface area contributed by atoms with Crippen molar-refractivity contribution in [1.29, 1.82) is 0 Å². The zero-order chi connectivity index (χ0) is 29.9. The minimum absolute atomic E-state index is 0.00966. The lowest BCUT2D eigenvalue weighted by Gasteiger charge is -2.26. The molecule has 1 atom stereocenters. The molecule has 0 aliphatic rings. The van der Waals surface area contributed by atoms with Crippen LogP contribution in [0, 0.1) is 18.6 Å². The number of pyridine rings is 1. The maximum absolute atomic E-state index is 14.2. The molecule has 0 saturated carbocycles. The number of sulfone groups is 1. The molecular weight excluding hydrogens is 556 g/mol. The first kappa shape index (κ1) is 30.0. The molecule has 41 heavy (non-hydrogen) atoms. The van der Waals surface area contributed by atoms with E-state index in [4.69, 9.17) is 9.47 Å².